The van der Waals surface area contributed by atoms with Crippen LogP contribution in [-0.4, -0.2) is 40.2 Å². The molecule has 1 saturated heterocycles. The van der Waals surface area contributed by atoms with Crippen molar-refractivity contribution >= 4 is 5.84 Å². The Balaban J connectivity index is 1.93. The predicted octanol–water partition coefficient (Wildman–Crippen LogP) is 0.445. The molecule has 1 fully saturated rings. The van der Waals surface area contributed by atoms with E-state index in [-0.39, 0.29) is 11.9 Å². The van der Waals surface area contributed by atoms with Crippen LogP contribution in [-0.2, 0) is 6.42 Å². The Bertz CT molecular complexity index is 495. The number of hydrogen-bond acceptors (Lipinski definition) is 4. The second kappa shape index (κ2) is 4.26. The molecule has 2 aliphatic rings. The van der Waals surface area contributed by atoms with E-state index in [1.807, 2.05) is 12.1 Å². The van der Waals surface area contributed by atoms with Gasteiger partial charge in [-0.1, -0.05) is 23.4 Å². The molecule has 1 aromatic rings. The number of nitrogens with zero attached hydrogens (tertiary/aromatic N) is 2. The fourth-order valence-corrected chi connectivity index (χ4v) is 3.05. The molecule has 1 aliphatic heterocycles. The van der Waals surface area contributed by atoms with Crippen molar-refractivity contribution in [3.8, 4) is 0 Å². The van der Waals surface area contributed by atoms with Crippen molar-refractivity contribution in [2.45, 2.75) is 25.0 Å². The third-order valence-electron chi connectivity index (χ3n) is 3.95. The number of aliphatic hydroxyl groups excluding tert-OH is 1. The highest BCUT2D eigenvalue weighted by Gasteiger charge is 2.36. The summed E-state index contributed by atoms with van der Waals surface area (Å²) >= 11 is 0. The molecular weight excluding hydrogens is 230 g/mol. The van der Waals surface area contributed by atoms with Gasteiger partial charge >= 0.3 is 0 Å². The highest BCUT2D eigenvalue weighted by molar-refractivity contribution is 5.98. The molecule has 0 amide bonds. The Kier molecular flexibility index (Phi) is 2.72. The molecule has 4 N–H and O–H groups in total. The van der Waals surface area contributed by atoms with Crippen LogP contribution in [0.2, 0.25) is 0 Å². The summed E-state index contributed by atoms with van der Waals surface area (Å²) in [6.45, 7) is 1.50. The molecule has 3 rings (SSSR count). The second-order valence-electron chi connectivity index (χ2n) is 5.02. The van der Waals surface area contributed by atoms with E-state index in [1.165, 1.54) is 11.1 Å². The lowest BCUT2D eigenvalue weighted by atomic mass is 9.99. The lowest BCUT2D eigenvalue weighted by molar-refractivity contribution is -0.0251. The van der Waals surface area contributed by atoms with Crippen molar-refractivity contribution in [1.82, 2.24) is 4.90 Å². The van der Waals surface area contributed by atoms with Crippen LogP contribution in [0.1, 0.15) is 29.2 Å². The van der Waals surface area contributed by atoms with Gasteiger partial charge in [-0.15, -0.1) is 0 Å². The number of nitrogens with two attached hydrogens (primary N) is 1. The predicted molar refractivity (Wildman–Crippen MR) is 67.6 cm³/mol. The molecule has 5 nitrogen and oxygen atoms in total. The van der Waals surface area contributed by atoms with Crippen LogP contribution in [0.15, 0.2) is 23.4 Å². The van der Waals surface area contributed by atoms with Crippen LogP contribution < -0.4 is 5.73 Å². The maximum Gasteiger partial charge on any atom is 0.170 e. The number of benzene rings is 1. The van der Waals surface area contributed by atoms with E-state index in [0.29, 0.717) is 6.04 Å². The standard InChI is InChI=1S/C13H17N3O2/c14-13(15-18)11-3-1-2-10-9(11)4-5-12(10)16-6-8(17)7-16/h1-3,8,12,17-18H,4-7H2,(H2,14,15). The first kappa shape index (κ1) is 11.5. The number of amidine groups is 1. The molecule has 1 aromatic carbocycles. The van der Waals surface area contributed by atoms with E-state index in [0.717, 1.165) is 31.5 Å². The van der Waals surface area contributed by atoms with E-state index in [9.17, 15) is 5.11 Å². The maximum absolute atomic E-state index is 9.39. The molecule has 5 heteroatoms. The largest absolute Gasteiger partial charge is 0.409 e. The topological polar surface area (TPSA) is 82.1 Å². The summed E-state index contributed by atoms with van der Waals surface area (Å²) in [6.07, 6.45) is 1.80. The Morgan fingerprint density at radius 2 is 2.17 bits per heavy atom. The zero-order valence-corrected chi connectivity index (χ0v) is 10.1. The minimum atomic E-state index is -0.179. The summed E-state index contributed by atoms with van der Waals surface area (Å²) in [6, 6.07) is 6.31. The summed E-state index contributed by atoms with van der Waals surface area (Å²) in [4.78, 5) is 2.28. The van der Waals surface area contributed by atoms with Crippen molar-refractivity contribution in [1.29, 1.82) is 0 Å². The van der Waals surface area contributed by atoms with Crippen molar-refractivity contribution in [3.63, 3.8) is 0 Å². The van der Waals surface area contributed by atoms with E-state index in [2.05, 4.69) is 16.1 Å². The van der Waals surface area contributed by atoms with Crippen LogP contribution in [0.5, 0.6) is 0 Å². The van der Waals surface area contributed by atoms with E-state index < -0.39 is 0 Å². The molecule has 1 unspecified atom stereocenters. The van der Waals surface area contributed by atoms with Gasteiger partial charge in [0.15, 0.2) is 5.84 Å². The van der Waals surface area contributed by atoms with Gasteiger partial charge in [-0.05, 0) is 24.0 Å². The van der Waals surface area contributed by atoms with E-state index in [4.69, 9.17) is 10.9 Å². The summed E-state index contributed by atoms with van der Waals surface area (Å²) in [7, 11) is 0. The molecule has 0 spiro atoms. The average Bonchev–Trinajstić information content (AvgIpc) is 2.77. The van der Waals surface area contributed by atoms with Crippen molar-refractivity contribution < 1.29 is 10.3 Å². The number of β-amino-alcohol motifs (C(OH)–C–C–N with tert-alkyl or cyclic N) is 1. The van der Waals surface area contributed by atoms with Crippen molar-refractivity contribution in [2.75, 3.05) is 13.1 Å². The second-order valence-corrected chi connectivity index (χ2v) is 5.02. The van der Waals surface area contributed by atoms with Crippen LogP contribution >= 0.6 is 0 Å². The monoisotopic (exact) mass is 247 g/mol. The Labute approximate surface area is 106 Å². The van der Waals surface area contributed by atoms with Gasteiger partial charge in [0.1, 0.15) is 0 Å². The lowest BCUT2D eigenvalue weighted by Gasteiger charge is -2.40. The number of oxime groups is 1. The van der Waals surface area contributed by atoms with E-state index >= 15 is 0 Å². The summed E-state index contributed by atoms with van der Waals surface area (Å²) in [5.74, 6) is 0.177. The van der Waals surface area contributed by atoms with Gasteiger partial charge in [0, 0.05) is 24.7 Å². The first-order valence-corrected chi connectivity index (χ1v) is 6.22. The lowest BCUT2D eigenvalue weighted by Crippen LogP contribution is -2.51. The molecule has 0 aromatic heterocycles. The summed E-state index contributed by atoms with van der Waals surface area (Å²) < 4.78 is 0. The third-order valence-corrected chi connectivity index (χ3v) is 3.95. The fourth-order valence-electron chi connectivity index (χ4n) is 3.05. The number of aliphatic hydroxyl groups is 1. The molecule has 18 heavy (non-hydrogen) atoms. The maximum atomic E-state index is 9.39. The van der Waals surface area contributed by atoms with Gasteiger partial charge in [-0.3, -0.25) is 4.90 Å². The zero-order valence-electron chi connectivity index (χ0n) is 10.1. The normalized spacial score (nSPS) is 24.9. The average molecular weight is 247 g/mol. The summed E-state index contributed by atoms with van der Waals surface area (Å²) in [5.41, 5.74) is 8.97. The number of fused-ring (bicyclic) bond motifs is 1. The van der Waals surface area contributed by atoms with Crippen molar-refractivity contribution in [3.05, 3.63) is 34.9 Å². The Hall–Kier alpha value is -1.59. The van der Waals surface area contributed by atoms with Gasteiger partial charge < -0.3 is 16.0 Å². The molecule has 1 atom stereocenters. The smallest absolute Gasteiger partial charge is 0.170 e. The SMILES string of the molecule is N/C(=N\O)c1cccc2c1CCC2N1CC(O)C1. The Morgan fingerprint density at radius 1 is 1.39 bits per heavy atom. The van der Waals surface area contributed by atoms with Crippen molar-refractivity contribution in [2.24, 2.45) is 10.9 Å². The van der Waals surface area contributed by atoms with Crippen LogP contribution in [0.25, 0.3) is 0 Å². The third kappa shape index (κ3) is 1.67. The highest BCUT2D eigenvalue weighted by Crippen LogP contribution is 2.39. The number of likely N-dealkylation sites (tertiary alicyclic amines) is 1. The molecule has 0 bridgehead atoms. The number of rotatable bonds is 2. The van der Waals surface area contributed by atoms with Gasteiger partial charge in [0.05, 0.1) is 6.10 Å². The fraction of sp³-hybridized carbons (Fsp3) is 0.462. The first-order chi connectivity index (χ1) is 8.70. The first-order valence-electron chi connectivity index (χ1n) is 6.22. The van der Waals surface area contributed by atoms with E-state index in [1.54, 1.807) is 0 Å². The molecule has 0 radical (unpaired) electrons. The quantitative estimate of drug-likeness (QED) is 0.306. The minimum Gasteiger partial charge on any atom is -0.409 e. The Morgan fingerprint density at radius 3 is 2.83 bits per heavy atom. The number of hydrogen-bond donors (Lipinski definition) is 3. The minimum absolute atomic E-state index is 0.177. The van der Waals surface area contributed by atoms with Gasteiger partial charge in [-0.2, -0.15) is 0 Å². The highest BCUT2D eigenvalue weighted by atomic mass is 16.4. The van der Waals surface area contributed by atoms with Gasteiger partial charge in [0.25, 0.3) is 0 Å². The molecule has 1 heterocycles. The van der Waals surface area contributed by atoms with Crippen LogP contribution in [0, 0.1) is 0 Å². The molecule has 1 aliphatic carbocycles. The van der Waals surface area contributed by atoms with Crippen LogP contribution in [0.3, 0.4) is 0 Å². The summed E-state index contributed by atoms with van der Waals surface area (Å²) in [5, 5.41) is 21.3. The molecule has 0 saturated carbocycles. The molecule has 96 valence electrons. The van der Waals surface area contributed by atoms with Gasteiger partial charge in [0.2, 0.25) is 0 Å². The molecular formula is C13H17N3O2. The zero-order chi connectivity index (χ0) is 12.7. The van der Waals surface area contributed by atoms with Gasteiger partial charge in [-0.25, -0.2) is 0 Å². The van der Waals surface area contributed by atoms with Crippen LogP contribution in [0.4, 0.5) is 0 Å².